The maximum atomic E-state index is 9.88. The Morgan fingerprint density at radius 1 is 1.42 bits per heavy atom. The van der Waals surface area contributed by atoms with Gasteiger partial charge >= 0.3 is 0 Å². The second-order valence-corrected chi connectivity index (χ2v) is 5.77. The lowest BCUT2D eigenvalue weighted by molar-refractivity contribution is 0.105. The molecule has 1 aromatic rings. The van der Waals surface area contributed by atoms with E-state index in [-0.39, 0.29) is 0 Å². The lowest BCUT2D eigenvalue weighted by Crippen LogP contribution is -2.34. The Labute approximate surface area is 116 Å². The largest absolute Gasteiger partial charge is 0.491 e. The van der Waals surface area contributed by atoms with Gasteiger partial charge in [-0.05, 0) is 49.3 Å². The summed E-state index contributed by atoms with van der Waals surface area (Å²) >= 11 is 0. The highest BCUT2D eigenvalue weighted by Gasteiger charge is 2.39. The molecule has 0 bridgehead atoms. The van der Waals surface area contributed by atoms with Gasteiger partial charge in [-0.15, -0.1) is 0 Å². The Kier molecular flexibility index (Phi) is 4.83. The van der Waals surface area contributed by atoms with Crippen LogP contribution >= 0.6 is 0 Å². The fourth-order valence-corrected chi connectivity index (χ4v) is 2.29. The van der Waals surface area contributed by atoms with Crippen molar-refractivity contribution in [1.29, 1.82) is 0 Å². The van der Waals surface area contributed by atoms with Crippen molar-refractivity contribution >= 4 is 0 Å². The van der Waals surface area contributed by atoms with Crippen LogP contribution in [0.25, 0.3) is 0 Å². The van der Waals surface area contributed by atoms with Crippen molar-refractivity contribution < 1.29 is 9.84 Å². The van der Waals surface area contributed by atoms with Gasteiger partial charge in [0.1, 0.15) is 18.5 Å². The fourth-order valence-electron chi connectivity index (χ4n) is 2.29. The second-order valence-electron chi connectivity index (χ2n) is 5.77. The molecular weight excluding hydrogens is 238 g/mol. The highest BCUT2D eigenvalue weighted by atomic mass is 16.5. The van der Waals surface area contributed by atoms with Gasteiger partial charge in [-0.3, -0.25) is 0 Å². The zero-order valence-electron chi connectivity index (χ0n) is 12.0. The fraction of sp³-hybridized carbons (Fsp3) is 0.625. The molecule has 0 aromatic heterocycles. The van der Waals surface area contributed by atoms with Gasteiger partial charge in [-0.1, -0.05) is 19.1 Å². The third-order valence-corrected chi connectivity index (χ3v) is 4.02. The molecule has 0 spiro atoms. The molecule has 1 saturated carbocycles. The number of nitrogens with one attached hydrogen (secondary N) is 1. The zero-order chi connectivity index (χ0) is 13.7. The average molecular weight is 263 g/mol. The highest BCUT2D eigenvalue weighted by Crippen LogP contribution is 2.47. The molecule has 0 amide bonds. The molecular formula is C16H25NO2. The minimum Gasteiger partial charge on any atom is -0.491 e. The number of hydrogen-bond donors (Lipinski definition) is 2. The summed E-state index contributed by atoms with van der Waals surface area (Å²) in [5.41, 5.74) is 1.70. The minimum absolute atomic E-state index is 0.343. The highest BCUT2D eigenvalue weighted by molar-refractivity contribution is 5.27. The molecule has 0 heterocycles. The third-order valence-electron chi connectivity index (χ3n) is 4.02. The Hall–Kier alpha value is -1.06. The van der Waals surface area contributed by atoms with Crippen molar-refractivity contribution in [3.05, 3.63) is 29.8 Å². The molecule has 1 unspecified atom stereocenters. The average Bonchev–Trinajstić information content (AvgIpc) is 3.17. The summed E-state index contributed by atoms with van der Waals surface area (Å²) in [5, 5.41) is 13.2. The van der Waals surface area contributed by atoms with Gasteiger partial charge in [-0.2, -0.15) is 0 Å². The number of ether oxygens (including phenoxy) is 1. The lowest BCUT2D eigenvalue weighted by atomic mass is 10.0. The van der Waals surface area contributed by atoms with Crippen LogP contribution in [0.3, 0.4) is 0 Å². The monoisotopic (exact) mass is 263 g/mol. The van der Waals surface area contributed by atoms with E-state index in [0.717, 1.165) is 12.3 Å². The lowest BCUT2D eigenvalue weighted by Gasteiger charge is -2.17. The normalized spacial score (nSPS) is 18.1. The van der Waals surface area contributed by atoms with E-state index in [1.807, 2.05) is 31.2 Å². The third kappa shape index (κ3) is 4.51. The van der Waals surface area contributed by atoms with Crippen LogP contribution in [0.5, 0.6) is 5.75 Å². The Morgan fingerprint density at radius 2 is 2.21 bits per heavy atom. The summed E-state index contributed by atoms with van der Waals surface area (Å²) in [6.07, 6.45) is 3.43. The quantitative estimate of drug-likeness (QED) is 0.757. The van der Waals surface area contributed by atoms with Gasteiger partial charge in [0, 0.05) is 13.1 Å². The van der Waals surface area contributed by atoms with Crippen molar-refractivity contribution in [3.63, 3.8) is 0 Å². The summed E-state index contributed by atoms with van der Waals surface area (Å²) in [7, 11) is 0. The number of aliphatic hydroxyl groups excluding tert-OH is 1. The van der Waals surface area contributed by atoms with E-state index in [9.17, 15) is 5.11 Å². The van der Waals surface area contributed by atoms with E-state index < -0.39 is 6.10 Å². The standard InChI is InChI=1S/C16H25NO2/c1-3-16(7-8-16)12-17-10-14(18)11-19-15-6-4-5-13(2)9-15/h4-6,9,14,17-18H,3,7-8,10-12H2,1-2H3. The van der Waals surface area contributed by atoms with E-state index in [4.69, 9.17) is 4.74 Å². The van der Waals surface area contributed by atoms with Crippen molar-refractivity contribution in [2.45, 2.75) is 39.2 Å². The van der Waals surface area contributed by atoms with Crippen molar-refractivity contribution in [2.24, 2.45) is 5.41 Å². The summed E-state index contributed by atoms with van der Waals surface area (Å²) < 4.78 is 5.58. The molecule has 3 nitrogen and oxygen atoms in total. The van der Waals surface area contributed by atoms with Crippen molar-refractivity contribution in [1.82, 2.24) is 5.32 Å². The molecule has 106 valence electrons. The van der Waals surface area contributed by atoms with E-state index in [1.54, 1.807) is 0 Å². The molecule has 0 aliphatic heterocycles. The summed E-state index contributed by atoms with van der Waals surface area (Å²) in [6.45, 7) is 6.24. The van der Waals surface area contributed by atoms with Gasteiger partial charge in [0.25, 0.3) is 0 Å². The molecule has 19 heavy (non-hydrogen) atoms. The summed E-state index contributed by atoms with van der Waals surface area (Å²) in [5.74, 6) is 0.825. The smallest absolute Gasteiger partial charge is 0.119 e. The molecule has 1 atom stereocenters. The Bertz CT molecular complexity index is 401. The van der Waals surface area contributed by atoms with Gasteiger partial charge in [0.2, 0.25) is 0 Å². The first-order valence-corrected chi connectivity index (χ1v) is 7.22. The first kappa shape index (κ1) is 14.4. The van der Waals surface area contributed by atoms with E-state index >= 15 is 0 Å². The summed E-state index contributed by atoms with van der Waals surface area (Å²) in [6, 6.07) is 7.90. The van der Waals surface area contributed by atoms with Gasteiger partial charge in [0.05, 0.1) is 0 Å². The van der Waals surface area contributed by atoms with Crippen LogP contribution in [0.2, 0.25) is 0 Å². The molecule has 2 rings (SSSR count). The molecule has 1 aliphatic rings. The van der Waals surface area contributed by atoms with Crippen molar-refractivity contribution in [3.8, 4) is 5.75 Å². The minimum atomic E-state index is -0.451. The van der Waals surface area contributed by atoms with Crippen LogP contribution in [0.1, 0.15) is 31.7 Å². The van der Waals surface area contributed by atoms with Crippen LogP contribution in [-0.4, -0.2) is 30.9 Å². The van der Waals surface area contributed by atoms with Crippen molar-refractivity contribution in [2.75, 3.05) is 19.7 Å². The van der Waals surface area contributed by atoms with E-state index in [1.165, 1.54) is 24.8 Å². The van der Waals surface area contributed by atoms with Gasteiger partial charge in [-0.25, -0.2) is 0 Å². The van der Waals surface area contributed by atoms with Crippen LogP contribution in [0, 0.1) is 12.3 Å². The second kappa shape index (κ2) is 6.40. The van der Waals surface area contributed by atoms with Crippen LogP contribution in [0.4, 0.5) is 0 Å². The topological polar surface area (TPSA) is 41.5 Å². The van der Waals surface area contributed by atoms with Crippen LogP contribution in [-0.2, 0) is 0 Å². The number of hydrogen-bond acceptors (Lipinski definition) is 3. The number of rotatable bonds is 8. The number of benzene rings is 1. The van der Waals surface area contributed by atoms with Gasteiger partial charge < -0.3 is 15.2 Å². The molecule has 2 N–H and O–H groups in total. The number of aryl methyl sites for hydroxylation is 1. The Morgan fingerprint density at radius 3 is 2.84 bits per heavy atom. The van der Waals surface area contributed by atoms with Crippen LogP contribution in [0.15, 0.2) is 24.3 Å². The zero-order valence-corrected chi connectivity index (χ0v) is 12.0. The SMILES string of the molecule is CCC1(CNCC(O)COc2cccc(C)c2)CC1. The van der Waals surface area contributed by atoms with E-state index in [2.05, 4.69) is 12.2 Å². The first-order valence-electron chi connectivity index (χ1n) is 7.22. The molecule has 0 radical (unpaired) electrons. The first-order chi connectivity index (χ1) is 9.13. The molecule has 1 fully saturated rings. The predicted octanol–water partition coefficient (Wildman–Crippen LogP) is 2.51. The predicted molar refractivity (Wildman–Crippen MR) is 77.5 cm³/mol. The van der Waals surface area contributed by atoms with E-state index in [0.29, 0.717) is 18.6 Å². The molecule has 0 saturated heterocycles. The van der Waals surface area contributed by atoms with Crippen LogP contribution < -0.4 is 10.1 Å². The molecule has 1 aliphatic carbocycles. The maximum absolute atomic E-state index is 9.88. The summed E-state index contributed by atoms with van der Waals surface area (Å²) in [4.78, 5) is 0. The molecule has 1 aromatic carbocycles. The van der Waals surface area contributed by atoms with Gasteiger partial charge in [0.15, 0.2) is 0 Å². The molecule has 3 heteroatoms. The maximum Gasteiger partial charge on any atom is 0.119 e. The number of aliphatic hydroxyl groups is 1. The Balaban J connectivity index is 1.63.